The summed E-state index contributed by atoms with van der Waals surface area (Å²) in [6, 6.07) is 1.52. The van der Waals surface area contributed by atoms with Crippen LogP contribution < -0.4 is 16.0 Å². The molecule has 0 atom stereocenters. The van der Waals surface area contributed by atoms with Crippen LogP contribution in [0.25, 0.3) is 0 Å². The quantitative estimate of drug-likeness (QED) is 0.715. The Bertz CT molecular complexity index is 506. The van der Waals surface area contributed by atoms with Crippen LogP contribution in [0.3, 0.4) is 0 Å². The van der Waals surface area contributed by atoms with Gasteiger partial charge in [-0.25, -0.2) is 4.98 Å². The minimum Gasteiger partial charge on any atom is -0.369 e. The summed E-state index contributed by atoms with van der Waals surface area (Å²) in [4.78, 5) is 27.5. The highest BCUT2D eigenvalue weighted by molar-refractivity contribution is 6.33. The second kappa shape index (κ2) is 8.46. The lowest BCUT2D eigenvalue weighted by atomic mass is 10.2. The summed E-state index contributed by atoms with van der Waals surface area (Å²) in [6.45, 7) is 7.12. The Morgan fingerprint density at radius 2 is 2.05 bits per heavy atom. The Balaban J connectivity index is 2.52. The number of anilines is 1. The number of aromatic nitrogens is 1. The lowest BCUT2D eigenvalue weighted by molar-refractivity contribution is -0.120. The van der Waals surface area contributed by atoms with Gasteiger partial charge >= 0.3 is 0 Å². The molecule has 0 saturated heterocycles. The Hall–Kier alpha value is -1.82. The summed E-state index contributed by atoms with van der Waals surface area (Å²) in [7, 11) is 0. The first-order chi connectivity index (χ1) is 9.93. The lowest BCUT2D eigenvalue weighted by Gasteiger charge is -2.09. The number of carbonyl (C=O) groups excluding carboxylic acids is 2. The molecule has 1 heterocycles. The fourth-order valence-corrected chi connectivity index (χ4v) is 1.74. The van der Waals surface area contributed by atoms with E-state index in [4.69, 9.17) is 11.6 Å². The minimum absolute atomic E-state index is 0.0713. The summed E-state index contributed by atoms with van der Waals surface area (Å²) in [5, 5.41) is 8.60. The molecule has 0 fully saturated rings. The van der Waals surface area contributed by atoms with E-state index in [1.54, 1.807) is 0 Å². The smallest absolute Gasteiger partial charge is 0.253 e. The first-order valence-electron chi connectivity index (χ1n) is 6.88. The number of hydrogen-bond acceptors (Lipinski definition) is 4. The summed E-state index contributed by atoms with van der Waals surface area (Å²) in [5.41, 5.74) is 0.318. The van der Waals surface area contributed by atoms with Gasteiger partial charge in [-0.15, -0.1) is 0 Å². The van der Waals surface area contributed by atoms with Gasteiger partial charge in [-0.1, -0.05) is 25.4 Å². The van der Waals surface area contributed by atoms with E-state index < -0.39 is 0 Å². The number of pyridine rings is 1. The molecule has 1 aromatic rings. The molecule has 0 bridgehead atoms. The summed E-state index contributed by atoms with van der Waals surface area (Å²) < 4.78 is 0. The average molecular weight is 313 g/mol. The molecule has 116 valence electrons. The molecule has 0 spiro atoms. The third kappa shape index (κ3) is 5.99. The van der Waals surface area contributed by atoms with Crippen molar-refractivity contribution in [2.75, 3.05) is 25.0 Å². The second-order valence-electron chi connectivity index (χ2n) is 4.97. The van der Waals surface area contributed by atoms with Gasteiger partial charge in [-0.05, 0) is 18.9 Å². The Kier molecular flexibility index (Phi) is 6.94. The van der Waals surface area contributed by atoms with Gasteiger partial charge in [0.1, 0.15) is 5.82 Å². The Labute approximate surface area is 129 Å². The molecule has 0 aliphatic rings. The van der Waals surface area contributed by atoms with Crippen LogP contribution in [0.5, 0.6) is 0 Å². The molecule has 21 heavy (non-hydrogen) atoms. The molecular formula is C14H21ClN4O2. The summed E-state index contributed by atoms with van der Waals surface area (Å²) in [6.07, 6.45) is 1.42. The van der Waals surface area contributed by atoms with Crippen molar-refractivity contribution in [3.63, 3.8) is 0 Å². The number of halogens is 1. The Morgan fingerprint density at radius 1 is 1.33 bits per heavy atom. The van der Waals surface area contributed by atoms with Crippen molar-refractivity contribution in [2.45, 2.75) is 20.8 Å². The van der Waals surface area contributed by atoms with E-state index in [1.807, 2.05) is 20.8 Å². The largest absolute Gasteiger partial charge is 0.369 e. The van der Waals surface area contributed by atoms with Gasteiger partial charge in [0, 0.05) is 19.3 Å². The van der Waals surface area contributed by atoms with Crippen molar-refractivity contribution in [3.05, 3.63) is 22.8 Å². The number of nitrogens with one attached hydrogen (secondary N) is 3. The van der Waals surface area contributed by atoms with E-state index >= 15 is 0 Å². The van der Waals surface area contributed by atoms with Crippen molar-refractivity contribution in [1.82, 2.24) is 15.6 Å². The van der Waals surface area contributed by atoms with Crippen molar-refractivity contribution in [1.29, 1.82) is 0 Å². The molecule has 2 amide bonds. The maximum Gasteiger partial charge on any atom is 0.253 e. The lowest BCUT2D eigenvalue weighted by Crippen LogP contribution is -2.38. The average Bonchev–Trinajstić information content (AvgIpc) is 2.44. The van der Waals surface area contributed by atoms with Crippen molar-refractivity contribution < 1.29 is 9.59 Å². The molecule has 0 aliphatic heterocycles. The van der Waals surface area contributed by atoms with Gasteiger partial charge in [0.25, 0.3) is 5.91 Å². The maximum atomic E-state index is 11.9. The third-order valence-electron chi connectivity index (χ3n) is 2.56. The molecule has 0 aliphatic carbocycles. The molecule has 0 saturated carbocycles. The van der Waals surface area contributed by atoms with Crippen LogP contribution in [-0.4, -0.2) is 36.4 Å². The number of amides is 2. The van der Waals surface area contributed by atoms with Crippen LogP contribution in [0.15, 0.2) is 12.3 Å². The van der Waals surface area contributed by atoms with E-state index in [2.05, 4.69) is 20.9 Å². The zero-order valence-corrected chi connectivity index (χ0v) is 13.3. The van der Waals surface area contributed by atoms with Gasteiger partial charge in [0.2, 0.25) is 5.91 Å². The first kappa shape index (κ1) is 17.2. The summed E-state index contributed by atoms with van der Waals surface area (Å²) in [5.74, 6) is 0.296. The monoisotopic (exact) mass is 312 g/mol. The van der Waals surface area contributed by atoms with Crippen LogP contribution in [0.1, 0.15) is 31.1 Å². The highest BCUT2D eigenvalue weighted by Crippen LogP contribution is 2.19. The topological polar surface area (TPSA) is 83.1 Å². The van der Waals surface area contributed by atoms with Gasteiger partial charge in [-0.3, -0.25) is 9.59 Å². The predicted octanol–water partition coefficient (Wildman–Crippen LogP) is 1.67. The SMILES string of the molecule is CCNc1ncc(C(=O)NCC(=O)NCC(C)C)cc1Cl. The van der Waals surface area contributed by atoms with E-state index in [0.717, 1.165) is 0 Å². The van der Waals surface area contributed by atoms with E-state index in [9.17, 15) is 9.59 Å². The number of nitrogens with zero attached hydrogens (tertiary/aromatic N) is 1. The van der Waals surface area contributed by atoms with Crippen molar-refractivity contribution in [3.8, 4) is 0 Å². The fraction of sp³-hybridized carbons (Fsp3) is 0.500. The van der Waals surface area contributed by atoms with E-state index in [1.165, 1.54) is 12.3 Å². The molecular weight excluding hydrogens is 292 g/mol. The molecule has 0 unspecified atom stereocenters. The van der Waals surface area contributed by atoms with Crippen molar-refractivity contribution in [2.24, 2.45) is 5.92 Å². The minimum atomic E-state index is -0.382. The molecule has 7 heteroatoms. The predicted molar refractivity (Wildman–Crippen MR) is 83.6 cm³/mol. The third-order valence-corrected chi connectivity index (χ3v) is 2.85. The Morgan fingerprint density at radius 3 is 2.62 bits per heavy atom. The number of rotatable bonds is 7. The normalized spacial score (nSPS) is 10.3. The molecule has 6 nitrogen and oxygen atoms in total. The molecule has 0 radical (unpaired) electrons. The zero-order chi connectivity index (χ0) is 15.8. The van der Waals surface area contributed by atoms with Gasteiger partial charge < -0.3 is 16.0 Å². The fourth-order valence-electron chi connectivity index (χ4n) is 1.50. The van der Waals surface area contributed by atoms with Crippen LogP contribution in [0.4, 0.5) is 5.82 Å². The van der Waals surface area contributed by atoms with Crippen LogP contribution >= 0.6 is 11.6 Å². The van der Waals surface area contributed by atoms with Gasteiger partial charge in [-0.2, -0.15) is 0 Å². The maximum absolute atomic E-state index is 11.9. The number of hydrogen-bond donors (Lipinski definition) is 3. The first-order valence-corrected chi connectivity index (χ1v) is 7.26. The second-order valence-corrected chi connectivity index (χ2v) is 5.37. The highest BCUT2D eigenvalue weighted by atomic mass is 35.5. The standard InChI is InChI=1S/C14H21ClN4O2/c1-4-16-13-11(15)5-10(7-18-13)14(21)19-8-12(20)17-6-9(2)3/h5,7,9H,4,6,8H2,1-3H3,(H,16,18)(H,17,20)(H,19,21). The molecule has 1 aromatic heterocycles. The summed E-state index contributed by atoms with van der Waals surface area (Å²) >= 11 is 6.02. The van der Waals surface area contributed by atoms with Crippen LogP contribution in [-0.2, 0) is 4.79 Å². The highest BCUT2D eigenvalue weighted by Gasteiger charge is 2.11. The molecule has 3 N–H and O–H groups in total. The van der Waals surface area contributed by atoms with Crippen molar-refractivity contribution >= 4 is 29.2 Å². The van der Waals surface area contributed by atoms with E-state index in [0.29, 0.717) is 35.4 Å². The van der Waals surface area contributed by atoms with Crippen LogP contribution in [0.2, 0.25) is 5.02 Å². The number of carbonyl (C=O) groups is 2. The molecule has 0 aromatic carbocycles. The van der Waals surface area contributed by atoms with E-state index in [-0.39, 0.29) is 18.4 Å². The van der Waals surface area contributed by atoms with Gasteiger partial charge in [0.15, 0.2) is 0 Å². The van der Waals surface area contributed by atoms with Crippen LogP contribution in [0, 0.1) is 5.92 Å². The van der Waals surface area contributed by atoms with Gasteiger partial charge in [0.05, 0.1) is 17.1 Å². The molecule has 1 rings (SSSR count). The zero-order valence-electron chi connectivity index (χ0n) is 12.5.